The van der Waals surface area contributed by atoms with E-state index in [0.717, 1.165) is 39.0 Å². The van der Waals surface area contributed by atoms with Crippen molar-refractivity contribution in [3.05, 3.63) is 17.3 Å². The van der Waals surface area contributed by atoms with Crippen LogP contribution >= 0.6 is 0 Å². The number of carbonyl (C=O) groups excluding carboxylic acids is 2. The van der Waals surface area contributed by atoms with Gasteiger partial charge in [-0.1, -0.05) is 0 Å². The van der Waals surface area contributed by atoms with Crippen molar-refractivity contribution < 1.29 is 18.7 Å². The number of likely N-dealkylation sites (tertiary alicyclic amines) is 2. The van der Waals surface area contributed by atoms with Gasteiger partial charge in [0.05, 0.1) is 12.3 Å². The molecule has 2 bridgehead atoms. The molecule has 0 aliphatic carbocycles. The number of aryl methyl sites for hydroxylation is 2. The molecule has 8 nitrogen and oxygen atoms in total. The third-order valence-electron chi connectivity index (χ3n) is 7.72. The van der Waals surface area contributed by atoms with Crippen LogP contribution in [0.1, 0.15) is 54.7 Å². The molecule has 4 aliphatic rings. The summed E-state index contributed by atoms with van der Waals surface area (Å²) in [4.78, 5) is 35.9. The molecule has 0 spiro atoms. The molecule has 164 valence electrons. The number of carbonyl (C=O) groups is 2. The van der Waals surface area contributed by atoms with E-state index in [1.54, 1.807) is 6.92 Å². The molecule has 4 aliphatic heterocycles. The Hall–Kier alpha value is -2.09. The van der Waals surface area contributed by atoms with E-state index in [4.69, 9.17) is 9.15 Å². The summed E-state index contributed by atoms with van der Waals surface area (Å²) in [7, 11) is 0. The lowest BCUT2D eigenvalue weighted by Crippen LogP contribution is -2.50. The number of rotatable bonds is 3. The van der Waals surface area contributed by atoms with Crippen molar-refractivity contribution in [1.29, 1.82) is 0 Å². The first-order valence-electron chi connectivity index (χ1n) is 11.4. The maximum Gasteiger partial charge on any atom is 0.409 e. The van der Waals surface area contributed by atoms with Crippen LogP contribution in [0.3, 0.4) is 0 Å². The van der Waals surface area contributed by atoms with E-state index in [2.05, 4.69) is 9.88 Å². The van der Waals surface area contributed by atoms with E-state index in [1.165, 1.54) is 12.8 Å². The largest absolute Gasteiger partial charge is 0.450 e. The fourth-order valence-corrected chi connectivity index (χ4v) is 6.57. The molecule has 4 atom stereocenters. The van der Waals surface area contributed by atoms with Crippen molar-refractivity contribution in [3.63, 3.8) is 0 Å². The highest BCUT2D eigenvalue weighted by atomic mass is 16.6. The van der Waals surface area contributed by atoms with E-state index in [-0.39, 0.29) is 12.0 Å². The molecule has 0 N–H and O–H groups in total. The third-order valence-corrected chi connectivity index (χ3v) is 7.72. The second kappa shape index (κ2) is 7.55. The van der Waals surface area contributed by atoms with Crippen molar-refractivity contribution in [3.8, 4) is 0 Å². The van der Waals surface area contributed by atoms with Gasteiger partial charge >= 0.3 is 6.09 Å². The fourth-order valence-electron chi connectivity index (χ4n) is 6.57. The first-order valence-corrected chi connectivity index (χ1v) is 11.4. The minimum atomic E-state index is -0.177. The third kappa shape index (κ3) is 3.11. The molecule has 5 heterocycles. The van der Waals surface area contributed by atoms with Gasteiger partial charge in [-0.2, -0.15) is 0 Å². The van der Waals surface area contributed by atoms with Gasteiger partial charge in [-0.25, -0.2) is 9.78 Å². The van der Waals surface area contributed by atoms with Gasteiger partial charge in [-0.05, 0) is 51.4 Å². The Bertz CT molecular complexity index is 811. The Morgan fingerprint density at radius 3 is 2.20 bits per heavy atom. The Labute approximate surface area is 177 Å². The summed E-state index contributed by atoms with van der Waals surface area (Å²) in [6.07, 6.45) is 4.32. The number of hydrogen-bond donors (Lipinski definition) is 0. The van der Waals surface area contributed by atoms with Gasteiger partial charge in [-0.3, -0.25) is 9.69 Å². The summed E-state index contributed by atoms with van der Waals surface area (Å²) in [6.45, 7) is 9.12. The predicted octanol–water partition coefficient (Wildman–Crippen LogP) is 2.45. The average Bonchev–Trinajstić information content (AvgIpc) is 3.47. The van der Waals surface area contributed by atoms with Crippen molar-refractivity contribution >= 4 is 12.0 Å². The van der Waals surface area contributed by atoms with E-state index in [1.807, 2.05) is 23.6 Å². The summed E-state index contributed by atoms with van der Waals surface area (Å²) < 4.78 is 10.7. The molecule has 1 aromatic rings. The summed E-state index contributed by atoms with van der Waals surface area (Å²) in [5.74, 6) is 2.06. The standard InChI is InChI=1S/C22H32N4O4/c1-4-29-22(28)24-9-7-15(8-10-24)26-18-5-6-19(26)17-12-25(11-16(17)18)21(27)20-13(2)23-14(3)30-20/h15-19H,4-12H2,1-3H3/t16-,17+,18-,19+. The first-order chi connectivity index (χ1) is 14.5. The SMILES string of the molecule is CCOC(=O)N1CCC(N2[C@@H]3CC[C@H]2[C@H]2CN(C(=O)c4oc(C)nc4C)C[C@H]23)CC1. The van der Waals surface area contributed by atoms with Crippen LogP contribution in [0.5, 0.6) is 0 Å². The quantitative estimate of drug-likeness (QED) is 0.753. The molecular formula is C22H32N4O4. The topological polar surface area (TPSA) is 79.1 Å². The minimum absolute atomic E-state index is 0.00352. The van der Waals surface area contributed by atoms with E-state index >= 15 is 0 Å². The lowest BCUT2D eigenvalue weighted by molar-refractivity contribution is 0.0587. The lowest BCUT2D eigenvalue weighted by Gasteiger charge is -2.39. The molecule has 8 heteroatoms. The zero-order valence-electron chi connectivity index (χ0n) is 18.2. The van der Waals surface area contributed by atoms with Crippen LogP contribution < -0.4 is 0 Å². The number of nitrogens with zero attached hydrogens (tertiary/aromatic N) is 4. The monoisotopic (exact) mass is 416 g/mol. The maximum atomic E-state index is 13.0. The van der Waals surface area contributed by atoms with Gasteiger partial charge in [0.25, 0.3) is 5.91 Å². The molecule has 0 aromatic carbocycles. The fraction of sp³-hybridized carbons (Fsp3) is 0.773. The molecule has 2 amide bonds. The zero-order chi connectivity index (χ0) is 21.0. The van der Waals surface area contributed by atoms with Crippen LogP contribution in [-0.2, 0) is 4.74 Å². The molecule has 30 heavy (non-hydrogen) atoms. The molecular weight excluding hydrogens is 384 g/mol. The maximum absolute atomic E-state index is 13.0. The Morgan fingerprint density at radius 1 is 1.03 bits per heavy atom. The molecule has 5 rings (SSSR count). The van der Waals surface area contributed by atoms with E-state index in [9.17, 15) is 9.59 Å². The Kier molecular flexibility index (Phi) is 5.00. The van der Waals surface area contributed by atoms with Gasteiger partial charge in [0.1, 0.15) is 0 Å². The highest BCUT2D eigenvalue weighted by Gasteiger charge is 2.58. The highest BCUT2D eigenvalue weighted by Crippen LogP contribution is 2.51. The van der Waals surface area contributed by atoms with Crippen LogP contribution in [0.2, 0.25) is 0 Å². The summed E-state index contributed by atoms with van der Waals surface area (Å²) in [6, 6.07) is 1.67. The molecule has 0 unspecified atom stereocenters. The number of aromatic nitrogens is 1. The number of fused-ring (bicyclic) bond motifs is 5. The number of ether oxygens (including phenoxy) is 1. The summed E-state index contributed by atoms with van der Waals surface area (Å²) in [5.41, 5.74) is 0.688. The number of piperidine rings is 1. The summed E-state index contributed by atoms with van der Waals surface area (Å²) in [5, 5.41) is 0. The van der Waals surface area contributed by atoms with Crippen molar-refractivity contribution in [2.24, 2.45) is 11.8 Å². The van der Waals surface area contributed by atoms with Gasteiger partial charge in [0, 0.05) is 51.2 Å². The second-order valence-corrected chi connectivity index (χ2v) is 9.26. The van der Waals surface area contributed by atoms with Gasteiger partial charge in [0.2, 0.25) is 5.76 Å². The van der Waals surface area contributed by atoms with Gasteiger partial charge in [-0.15, -0.1) is 0 Å². The van der Waals surface area contributed by atoms with Crippen LogP contribution in [0.15, 0.2) is 4.42 Å². The molecule has 4 saturated heterocycles. The number of oxazole rings is 1. The summed E-state index contributed by atoms with van der Waals surface area (Å²) >= 11 is 0. The predicted molar refractivity (Wildman–Crippen MR) is 109 cm³/mol. The van der Waals surface area contributed by atoms with Gasteiger partial charge in [0.15, 0.2) is 5.89 Å². The molecule has 1 aromatic heterocycles. The number of amides is 2. The van der Waals surface area contributed by atoms with Gasteiger partial charge < -0.3 is 19.0 Å². The van der Waals surface area contributed by atoms with Crippen molar-refractivity contribution in [2.45, 2.75) is 64.6 Å². The van der Waals surface area contributed by atoms with Crippen molar-refractivity contribution in [1.82, 2.24) is 19.7 Å². The minimum Gasteiger partial charge on any atom is -0.450 e. The van der Waals surface area contributed by atoms with Crippen LogP contribution in [-0.4, -0.2) is 82.6 Å². The van der Waals surface area contributed by atoms with Crippen molar-refractivity contribution in [2.75, 3.05) is 32.8 Å². The highest BCUT2D eigenvalue weighted by molar-refractivity contribution is 5.92. The first kappa shape index (κ1) is 19.8. The second-order valence-electron chi connectivity index (χ2n) is 9.26. The van der Waals surface area contributed by atoms with Crippen LogP contribution in [0, 0.1) is 25.7 Å². The molecule has 0 radical (unpaired) electrons. The average molecular weight is 417 g/mol. The van der Waals surface area contributed by atoms with Crippen LogP contribution in [0.4, 0.5) is 4.79 Å². The molecule has 0 saturated carbocycles. The Morgan fingerprint density at radius 2 is 1.67 bits per heavy atom. The van der Waals surface area contributed by atoms with E-state index < -0.39 is 0 Å². The van der Waals surface area contributed by atoms with E-state index in [0.29, 0.717) is 53.9 Å². The molecule has 4 fully saturated rings. The number of hydrogen-bond acceptors (Lipinski definition) is 6. The normalized spacial score (nSPS) is 31.4. The van der Waals surface area contributed by atoms with Crippen LogP contribution in [0.25, 0.3) is 0 Å². The lowest BCUT2D eigenvalue weighted by atomic mass is 9.82. The zero-order valence-corrected chi connectivity index (χ0v) is 18.2. The smallest absolute Gasteiger partial charge is 0.409 e. The Balaban J connectivity index is 1.23.